The molecule has 0 N–H and O–H groups in total. The molecule has 1 atom stereocenters. The fraction of sp³-hybridized carbons (Fsp3) is 0.278. The summed E-state index contributed by atoms with van der Waals surface area (Å²) in [6, 6.07) is 6.39. The topological polar surface area (TPSA) is 39.4 Å². The Balaban J connectivity index is 2.16. The van der Waals surface area contributed by atoms with Gasteiger partial charge in [0, 0.05) is 16.7 Å². The summed E-state index contributed by atoms with van der Waals surface area (Å²) in [7, 11) is 0. The van der Waals surface area contributed by atoms with E-state index in [0.717, 1.165) is 29.5 Å². The van der Waals surface area contributed by atoms with Gasteiger partial charge in [-0.15, -0.1) is 0 Å². The Bertz CT molecular complexity index is 718. The van der Waals surface area contributed by atoms with Crippen LogP contribution in [0.15, 0.2) is 53.4 Å². The number of furan rings is 1. The van der Waals surface area contributed by atoms with Crippen molar-refractivity contribution in [2.24, 2.45) is 0 Å². The molecular formula is C18H17FO3. The molecule has 3 rings (SSSR count). The monoisotopic (exact) mass is 300 g/mol. The van der Waals surface area contributed by atoms with Crippen LogP contribution < -0.4 is 0 Å². The number of carbonyl (C=O) groups is 1. The highest BCUT2D eigenvalue weighted by atomic mass is 19.1. The van der Waals surface area contributed by atoms with Crippen LogP contribution in [0.25, 0.3) is 0 Å². The van der Waals surface area contributed by atoms with Gasteiger partial charge in [-0.05, 0) is 49.9 Å². The van der Waals surface area contributed by atoms with E-state index in [4.69, 9.17) is 9.15 Å². The Labute approximate surface area is 128 Å². The zero-order chi connectivity index (χ0) is 15.7. The maximum Gasteiger partial charge on any atom is 0.334 e. The first kappa shape index (κ1) is 14.6. The highest BCUT2D eigenvalue weighted by molar-refractivity contribution is 5.87. The molecule has 1 aromatic carbocycles. The molecule has 0 spiro atoms. The molecule has 114 valence electrons. The van der Waals surface area contributed by atoms with E-state index in [1.807, 2.05) is 0 Å². The van der Waals surface area contributed by atoms with Crippen LogP contribution in [0.2, 0.25) is 0 Å². The van der Waals surface area contributed by atoms with Crippen molar-refractivity contribution >= 4 is 5.97 Å². The lowest BCUT2D eigenvalue weighted by Gasteiger charge is -2.38. The first-order valence-corrected chi connectivity index (χ1v) is 7.23. The van der Waals surface area contributed by atoms with E-state index in [0.29, 0.717) is 12.0 Å². The van der Waals surface area contributed by atoms with Gasteiger partial charge in [-0.3, -0.25) is 0 Å². The predicted molar refractivity (Wildman–Crippen MR) is 79.7 cm³/mol. The molecule has 22 heavy (non-hydrogen) atoms. The number of ether oxygens (including phenoxy) is 1. The average Bonchev–Trinajstić information content (AvgIpc) is 3.01. The molecule has 1 aromatic heterocycles. The fourth-order valence-corrected chi connectivity index (χ4v) is 3.03. The highest BCUT2D eigenvalue weighted by Crippen LogP contribution is 2.44. The third kappa shape index (κ3) is 2.34. The number of benzene rings is 1. The quantitative estimate of drug-likeness (QED) is 0.632. The number of esters is 1. The van der Waals surface area contributed by atoms with Gasteiger partial charge >= 0.3 is 5.97 Å². The molecule has 0 aliphatic heterocycles. The molecule has 4 heteroatoms. The summed E-state index contributed by atoms with van der Waals surface area (Å²) in [4.78, 5) is 12.2. The summed E-state index contributed by atoms with van der Waals surface area (Å²) < 4.78 is 24.6. The lowest BCUT2D eigenvalue weighted by atomic mass is 9.75. The van der Waals surface area contributed by atoms with Crippen LogP contribution in [0.4, 0.5) is 4.39 Å². The van der Waals surface area contributed by atoms with E-state index in [1.54, 1.807) is 31.6 Å². The third-order valence-corrected chi connectivity index (χ3v) is 4.08. The summed E-state index contributed by atoms with van der Waals surface area (Å²) in [6.07, 6.45) is 5.31. The number of hydrogen-bond donors (Lipinski definition) is 0. The second-order valence-corrected chi connectivity index (χ2v) is 5.66. The van der Waals surface area contributed by atoms with Crippen LogP contribution in [-0.4, -0.2) is 5.97 Å². The zero-order valence-corrected chi connectivity index (χ0v) is 12.4. The molecular weight excluding hydrogens is 283 g/mol. The standard InChI is InChI=1S/C18H17FO3/c1-12(2)17(20)22-18(14-7-9-21-11-14)8-3-4-13-10-15(19)5-6-16(13)18/h5-7,9-11H,1,3-4,8H2,2H3. The van der Waals surface area contributed by atoms with Crippen LogP contribution in [0.1, 0.15) is 36.5 Å². The summed E-state index contributed by atoms with van der Waals surface area (Å²) in [5.41, 5.74) is 1.83. The van der Waals surface area contributed by atoms with Crippen molar-refractivity contribution in [1.82, 2.24) is 0 Å². The molecule has 1 aliphatic rings. The van der Waals surface area contributed by atoms with Gasteiger partial charge in [0.15, 0.2) is 5.60 Å². The van der Waals surface area contributed by atoms with Gasteiger partial charge in [-0.1, -0.05) is 12.6 Å². The molecule has 0 bridgehead atoms. The number of hydrogen-bond acceptors (Lipinski definition) is 3. The van der Waals surface area contributed by atoms with Gasteiger partial charge in [0.25, 0.3) is 0 Å². The number of fused-ring (bicyclic) bond motifs is 1. The fourth-order valence-electron chi connectivity index (χ4n) is 3.03. The van der Waals surface area contributed by atoms with E-state index < -0.39 is 11.6 Å². The largest absolute Gasteiger partial charge is 0.472 e. The van der Waals surface area contributed by atoms with Crippen LogP contribution in [0.5, 0.6) is 0 Å². The molecule has 0 fully saturated rings. The second kappa shape index (κ2) is 5.44. The molecule has 0 amide bonds. The first-order valence-electron chi connectivity index (χ1n) is 7.23. The average molecular weight is 300 g/mol. The van der Waals surface area contributed by atoms with E-state index >= 15 is 0 Å². The Morgan fingerprint density at radius 2 is 2.23 bits per heavy atom. The van der Waals surface area contributed by atoms with E-state index in [9.17, 15) is 9.18 Å². The van der Waals surface area contributed by atoms with Crippen molar-refractivity contribution in [3.05, 3.63) is 71.5 Å². The Morgan fingerprint density at radius 1 is 1.41 bits per heavy atom. The molecule has 2 aromatic rings. The smallest absolute Gasteiger partial charge is 0.334 e. The van der Waals surface area contributed by atoms with Gasteiger partial charge in [-0.25, -0.2) is 9.18 Å². The minimum absolute atomic E-state index is 0.284. The molecule has 0 radical (unpaired) electrons. The molecule has 1 heterocycles. The molecule has 0 saturated heterocycles. The summed E-state index contributed by atoms with van der Waals surface area (Å²) >= 11 is 0. The van der Waals surface area contributed by atoms with E-state index in [1.165, 1.54) is 12.1 Å². The van der Waals surface area contributed by atoms with Crippen LogP contribution in [-0.2, 0) is 21.6 Å². The van der Waals surface area contributed by atoms with Gasteiger partial charge in [0.1, 0.15) is 5.82 Å². The molecule has 1 aliphatic carbocycles. The number of aryl methyl sites for hydroxylation is 1. The highest BCUT2D eigenvalue weighted by Gasteiger charge is 2.43. The maximum atomic E-state index is 13.5. The third-order valence-electron chi connectivity index (χ3n) is 4.08. The van der Waals surface area contributed by atoms with E-state index in [2.05, 4.69) is 6.58 Å². The molecule has 3 nitrogen and oxygen atoms in total. The van der Waals surface area contributed by atoms with Crippen molar-refractivity contribution < 1.29 is 18.3 Å². The van der Waals surface area contributed by atoms with Gasteiger partial charge in [0.2, 0.25) is 0 Å². The predicted octanol–water partition coefficient (Wildman–Crippen LogP) is 4.12. The van der Waals surface area contributed by atoms with Crippen molar-refractivity contribution in [3.8, 4) is 0 Å². The molecule has 1 unspecified atom stereocenters. The van der Waals surface area contributed by atoms with Crippen molar-refractivity contribution in [3.63, 3.8) is 0 Å². The first-order chi connectivity index (χ1) is 10.5. The zero-order valence-electron chi connectivity index (χ0n) is 12.4. The van der Waals surface area contributed by atoms with Gasteiger partial charge in [0.05, 0.1) is 12.5 Å². The number of halogens is 1. The number of carbonyl (C=O) groups excluding carboxylic acids is 1. The molecule has 0 saturated carbocycles. The van der Waals surface area contributed by atoms with Gasteiger partial charge in [-0.2, -0.15) is 0 Å². The summed E-state index contributed by atoms with van der Waals surface area (Å²) in [5.74, 6) is -0.744. The van der Waals surface area contributed by atoms with E-state index in [-0.39, 0.29) is 5.82 Å². The summed E-state index contributed by atoms with van der Waals surface area (Å²) in [6.45, 7) is 5.26. The van der Waals surface area contributed by atoms with Crippen molar-refractivity contribution in [2.45, 2.75) is 31.8 Å². The van der Waals surface area contributed by atoms with Gasteiger partial charge < -0.3 is 9.15 Å². The second-order valence-electron chi connectivity index (χ2n) is 5.66. The van der Waals surface area contributed by atoms with Crippen molar-refractivity contribution in [2.75, 3.05) is 0 Å². The summed E-state index contributed by atoms with van der Waals surface area (Å²) in [5, 5.41) is 0. The Morgan fingerprint density at radius 3 is 2.91 bits per heavy atom. The van der Waals surface area contributed by atoms with Crippen LogP contribution in [0.3, 0.4) is 0 Å². The van der Waals surface area contributed by atoms with Crippen LogP contribution in [0, 0.1) is 5.82 Å². The normalized spacial score (nSPS) is 20.3. The lowest BCUT2D eigenvalue weighted by Crippen LogP contribution is -2.37. The van der Waals surface area contributed by atoms with Crippen molar-refractivity contribution in [1.29, 1.82) is 0 Å². The SMILES string of the molecule is C=C(C)C(=O)OC1(c2ccoc2)CCCc2cc(F)ccc21. The lowest BCUT2D eigenvalue weighted by molar-refractivity contribution is -0.153. The minimum Gasteiger partial charge on any atom is -0.472 e. The Kier molecular flexibility index (Phi) is 3.61. The van der Waals surface area contributed by atoms with Crippen LogP contribution >= 0.6 is 0 Å². The minimum atomic E-state index is -0.940. The Hall–Kier alpha value is -2.36. The maximum absolute atomic E-state index is 13.5. The number of rotatable bonds is 3.